The standard InChI is InChI=1S/C21H35N5O2.HI/c1-17-15-18(16-26(17)19-4-5-19)24-21(22-7-6-20-3-2-12-28-20)23-8-9-25-10-13-27-14-11-25;/h2-3,12,17-19H,4-11,13-16H2,1H3,(H2,22,23,24);1H. The molecule has 3 aliphatic rings. The molecule has 2 atom stereocenters. The number of nitrogens with one attached hydrogen (secondary N) is 2. The summed E-state index contributed by atoms with van der Waals surface area (Å²) in [6, 6.07) is 5.94. The van der Waals surface area contributed by atoms with Crippen molar-refractivity contribution in [1.82, 2.24) is 20.4 Å². The summed E-state index contributed by atoms with van der Waals surface area (Å²) in [5.74, 6) is 1.95. The fraction of sp³-hybridized carbons (Fsp3) is 0.762. The highest BCUT2D eigenvalue weighted by Gasteiger charge is 2.38. The van der Waals surface area contributed by atoms with Crippen LogP contribution in [-0.2, 0) is 11.2 Å². The van der Waals surface area contributed by atoms with Crippen LogP contribution in [0.25, 0.3) is 0 Å². The number of nitrogens with zero attached hydrogens (tertiary/aromatic N) is 3. The van der Waals surface area contributed by atoms with E-state index in [-0.39, 0.29) is 24.0 Å². The van der Waals surface area contributed by atoms with Crippen LogP contribution < -0.4 is 10.6 Å². The summed E-state index contributed by atoms with van der Waals surface area (Å²) in [4.78, 5) is 9.98. The zero-order valence-electron chi connectivity index (χ0n) is 17.5. The lowest BCUT2D eigenvalue weighted by atomic mass is 10.2. The summed E-state index contributed by atoms with van der Waals surface area (Å²) in [6.45, 7) is 9.83. The van der Waals surface area contributed by atoms with Crippen LogP contribution in [0.3, 0.4) is 0 Å². The summed E-state index contributed by atoms with van der Waals surface area (Å²) in [6.07, 6.45) is 6.54. The van der Waals surface area contributed by atoms with Gasteiger partial charge in [0.15, 0.2) is 5.96 Å². The molecule has 29 heavy (non-hydrogen) atoms. The molecule has 2 saturated heterocycles. The minimum absolute atomic E-state index is 0. The predicted molar refractivity (Wildman–Crippen MR) is 126 cm³/mol. The number of hydrogen-bond donors (Lipinski definition) is 2. The van der Waals surface area contributed by atoms with Crippen molar-refractivity contribution in [1.29, 1.82) is 0 Å². The largest absolute Gasteiger partial charge is 0.469 e. The number of morpholine rings is 1. The molecule has 0 bridgehead atoms. The van der Waals surface area contributed by atoms with Crippen molar-refractivity contribution in [2.24, 2.45) is 4.99 Å². The number of rotatable bonds is 8. The fourth-order valence-corrected chi connectivity index (χ4v) is 4.31. The van der Waals surface area contributed by atoms with Gasteiger partial charge in [-0.15, -0.1) is 24.0 Å². The van der Waals surface area contributed by atoms with E-state index < -0.39 is 0 Å². The first-order chi connectivity index (χ1) is 13.8. The second-order valence-corrected chi connectivity index (χ2v) is 8.29. The fourth-order valence-electron chi connectivity index (χ4n) is 4.31. The molecule has 8 heteroatoms. The van der Waals surface area contributed by atoms with Crippen LogP contribution >= 0.6 is 24.0 Å². The Morgan fingerprint density at radius 1 is 1.28 bits per heavy atom. The van der Waals surface area contributed by atoms with Gasteiger partial charge in [0, 0.05) is 57.3 Å². The molecule has 2 N–H and O–H groups in total. The summed E-state index contributed by atoms with van der Waals surface area (Å²) in [5.41, 5.74) is 0. The molecule has 0 amide bonds. The summed E-state index contributed by atoms with van der Waals surface area (Å²) < 4.78 is 10.9. The van der Waals surface area contributed by atoms with Crippen molar-refractivity contribution in [3.05, 3.63) is 24.2 Å². The zero-order chi connectivity index (χ0) is 19.2. The number of aliphatic imine (C=N–C) groups is 1. The van der Waals surface area contributed by atoms with Crippen LogP contribution in [0.5, 0.6) is 0 Å². The van der Waals surface area contributed by atoms with E-state index in [1.807, 2.05) is 12.1 Å². The topological polar surface area (TPSA) is 65.3 Å². The van der Waals surface area contributed by atoms with E-state index in [4.69, 9.17) is 14.1 Å². The quantitative estimate of drug-likeness (QED) is 0.312. The molecule has 1 saturated carbocycles. The van der Waals surface area contributed by atoms with E-state index in [1.165, 1.54) is 19.3 Å². The normalized spacial score (nSPS) is 26.3. The monoisotopic (exact) mass is 517 g/mol. The maximum absolute atomic E-state index is 5.45. The van der Waals surface area contributed by atoms with E-state index in [1.54, 1.807) is 6.26 Å². The van der Waals surface area contributed by atoms with Crippen molar-refractivity contribution >= 4 is 29.9 Å². The molecule has 0 aromatic carbocycles. The molecule has 0 radical (unpaired) electrons. The Hall–Kier alpha value is -0.840. The van der Waals surface area contributed by atoms with Crippen LogP contribution in [0.15, 0.2) is 27.8 Å². The van der Waals surface area contributed by atoms with Crippen molar-refractivity contribution < 1.29 is 9.15 Å². The van der Waals surface area contributed by atoms with Crippen LogP contribution in [0.1, 0.15) is 31.9 Å². The van der Waals surface area contributed by atoms with Crippen molar-refractivity contribution in [2.75, 3.05) is 52.5 Å². The van der Waals surface area contributed by atoms with Gasteiger partial charge in [-0.25, -0.2) is 0 Å². The molecule has 1 aromatic rings. The number of halogens is 1. The third-order valence-electron chi connectivity index (χ3n) is 6.01. The van der Waals surface area contributed by atoms with Crippen molar-refractivity contribution in [3.63, 3.8) is 0 Å². The first-order valence-corrected chi connectivity index (χ1v) is 10.9. The molecule has 1 aliphatic carbocycles. The average molecular weight is 517 g/mol. The number of furan rings is 1. The number of likely N-dealkylation sites (tertiary alicyclic amines) is 1. The minimum Gasteiger partial charge on any atom is -0.469 e. The van der Waals surface area contributed by atoms with Crippen LogP contribution in [0, 0.1) is 0 Å². The summed E-state index contributed by atoms with van der Waals surface area (Å²) in [5, 5.41) is 7.21. The van der Waals surface area contributed by atoms with E-state index in [2.05, 4.69) is 27.4 Å². The molecule has 3 fully saturated rings. The Bertz CT molecular complexity index is 617. The zero-order valence-corrected chi connectivity index (χ0v) is 19.8. The van der Waals surface area contributed by atoms with E-state index in [0.29, 0.717) is 12.1 Å². The number of ether oxygens (including phenoxy) is 1. The molecule has 2 aliphatic heterocycles. The smallest absolute Gasteiger partial charge is 0.191 e. The van der Waals surface area contributed by atoms with Gasteiger partial charge < -0.3 is 19.8 Å². The Labute approximate surface area is 191 Å². The Morgan fingerprint density at radius 2 is 2.10 bits per heavy atom. The first kappa shape index (κ1) is 22.8. The van der Waals surface area contributed by atoms with Gasteiger partial charge in [-0.05, 0) is 38.3 Å². The molecule has 1 aromatic heterocycles. The highest BCUT2D eigenvalue weighted by molar-refractivity contribution is 14.0. The average Bonchev–Trinajstić information content (AvgIpc) is 3.28. The van der Waals surface area contributed by atoms with Crippen molar-refractivity contribution in [3.8, 4) is 0 Å². The maximum atomic E-state index is 5.45. The van der Waals surface area contributed by atoms with Gasteiger partial charge in [0.05, 0.1) is 26.0 Å². The number of hydrogen-bond acceptors (Lipinski definition) is 5. The summed E-state index contributed by atoms with van der Waals surface area (Å²) in [7, 11) is 0. The SMILES string of the molecule is CC1CC(NC(=NCCN2CCOCC2)NCCc2ccco2)CN1C1CC1.I. The van der Waals surface area contributed by atoms with Gasteiger partial charge >= 0.3 is 0 Å². The maximum Gasteiger partial charge on any atom is 0.191 e. The third-order valence-corrected chi connectivity index (χ3v) is 6.01. The van der Waals surface area contributed by atoms with Gasteiger partial charge in [0.1, 0.15) is 5.76 Å². The first-order valence-electron chi connectivity index (χ1n) is 10.9. The second-order valence-electron chi connectivity index (χ2n) is 8.29. The Morgan fingerprint density at radius 3 is 2.83 bits per heavy atom. The molecule has 3 heterocycles. The molecule has 7 nitrogen and oxygen atoms in total. The van der Waals surface area contributed by atoms with Gasteiger partial charge in [-0.1, -0.05) is 0 Å². The third kappa shape index (κ3) is 7.11. The van der Waals surface area contributed by atoms with Gasteiger partial charge in [-0.2, -0.15) is 0 Å². The van der Waals surface area contributed by atoms with Crippen LogP contribution in [0.4, 0.5) is 0 Å². The Kier molecular flexibility index (Phi) is 9.08. The molecule has 0 spiro atoms. The highest BCUT2D eigenvalue weighted by atomic mass is 127. The van der Waals surface area contributed by atoms with Crippen LogP contribution in [-0.4, -0.2) is 86.4 Å². The molecule has 4 rings (SSSR count). The van der Waals surface area contributed by atoms with Gasteiger partial charge in [-0.3, -0.25) is 14.8 Å². The number of guanidine groups is 1. The van der Waals surface area contributed by atoms with E-state index >= 15 is 0 Å². The molecular weight excluding hydrogens is 481 g/mol. The molecule has 2 unspecified atom stereocenters. The lowest BCUT2D eigenvalue weighted by Gasteiger charge is -2.26. The van der Waals surface area contributed by atoms with E-state index in [9.17, 15) is 0 Å². The van der Waals surface area contributed by atoms with Gasteiger partial charge in [0.2, 0.25) is 0 Å². The van der Waals surface area contributed by atoms with Crippen LogP contribution in [0.2, 0.25) is 0 Å². The lowest BCUT2D eigenvalue weighted by Crippen LogP contribution is -2.46. The Balaban J connectivity index is 0.00000240. The van der Waals surface area contributed by atoms with Crippen molar-refractivity contribution in [2.45, 2.75) is 50.7 Å². The summed E-state index contributed by atoms with van der Waals surface area (Å²) >= 11 is 0. The highest BCUT2D eigenvalue weighted by Crippen LogP contribution is 2.33. The molecule has 164 valence electrons. The minimum atomic E-state index is 0. The second kappa shape index (κ2) is 11.5. The molecular formula is C21H36IN5O2. The van der Waals surface area contributed by atoms with Gasteiger partial charge in [0.25, 0.3) is 0 Å². The lowest BCUT2D eigenvalue weighted by molar-refractivity contribution is 0.0394. The predicted octanol–water partition coefficient (Wildman–Crippen LogP) is 1.93. The van der Waals surface area contributed by atoms with E-state index in [0.717, 1.165) is 76.7 Å².